The predicted octanol–water partition coefficient (Wildman–Crippen LogP) is -1.67. The van der Waals surface area contributed by atoms with E-state index in [2.05, 4.69) is 15.3 Å². The van der Waals surface area contributed by atoms with Crippen molar-refractivity contribution >= 4 is 5.95 Å². The maximum atomic E-state index is 9.62. The van der Waals surface area contributed by atoms with Crippen molar-refractivity contribution < 1.29 is 20.1 Å². The van der Waals surface area contributed by atoms with Crippen molar-refractivity contribution in [3.05, 3.63) is 18.5 Å². The van der Waals surface area contributed by atoms with Gasteiger partial charge in [0.2, 0.25) is 5.95 Å². The fourth-order valence-corrected chi connectivity index (χ4v) is 1.52. The van der Waals surface area contributed by atoms with Crippen molar-refractivity contribution in [1.29, 1.82) is 0 Å². The van der Waals surface area contributed by atoms with E-state index in [1.165, 1.54) is 12.4 Å². The van der Waals surface area contributed by atoms with Gasteiger partial charge in [0, 0.05) is 12.4 Å². The van der Waals surface area contributed by atoms with Crippen molar-refractivity contribution in [1.82, 2.24) is 9.97 Å². The van der Waals surface area contributed by atoms with Gasteiger partial charge in [-0.25, -0.2) is 9.97 Å². The van der Waals surface area contributed by atoms with Gasteiger partial charge in [-0.3, -0.25) is 0 Å². The highest BCUT2D eigenvalue weighted by molar-refractivity contribution is 5.24. The largest absolute Gasteiger partial charge is 0.394 e. The van der Waals surface area contributed by atoms with Crippen LogP contribution in [0, 0.1) is 0 Å². The van der Waals surface area contributed by atoms with Crippen molar-refractivity contribution in [2.24, 2.45) is 0 Å². The SMILES string of the molecule is OC[C@H]1OC(Nc2ncccn2)[C@H](O)[C@@H]1O. The van der Waals surface area contributed by atoms with E-state index in [1.807, 2.05) is 0 Å². The fourth-order valence-electron chi connectivity index (χ4n) is 1.52. The number of aliphatic hydroxyl groups excluding tert-OH is 3. The molecule has 0 aromatic carbocycles. The Hall–Kier alpha value is -1.28. The molecule has 1 aromatic rings. The van der Waals surface area contributed by atoms with Crippen LogP contribution < -0.4 is 5.32 Å². The summed E-state index contributed by atoms with van der Waals surface area (Å²) in [7, 11) is 0. The van der Waals surface area contributed by atoms with Crippen LogP contribution >= 0.6 is 0 Å². The minimum Gasteiger partial charge on any atom is -0.394 e. The van der Waals surface area contributed by atoms with E-state index < -0.39 is 24.5 Å². The molecule has 2 heterocycles. The molecule has 0 aliphatic carbocycles. The molecule has 16 heavy (non-hydrogen) atoms. The Balaban J connectivity index is 2.01. The molecule has 7 heteroatoms. The zero-order chi connectivity index (χ0) is 11.5. The number of aliphatic hydroxyl groups is 3. The molecule has 1 fully saturated rings. The van der Waals surface area contributed by atoms with Crippen molar-refractivity contribution in [3.8, 4) is 0 Å². The molecule has 7 nitrogen and oxygen atoms in total. The van der Waals surface area contributed by atoms with Crippen LogP contribution in [-0.2, 0) is 4.74 Å². The zero-order valence-electron chi connectivity index (χ0n) is 8.39. The molecule has 2 rings (SSSR count). The van der Waals surface area contributed by atoms with E-state index in [0.717, 1.165) is 0 Å². The van der Waals surface area contributed by atoms with Gasteiger partial charge in [0.25, 0.3) is 0 Å². The van der Waals surface area contributed by atoms with Crippen LogP contribution in [0.3, 0.4) is 0 Å². The second kappa shape index (κ2) is 4.71. The summed E-state index contributed by atoms with van der Waals surface area (Å²) in [6, 6.07) is 1.66. The van der Waals surface area contributed by atoms with Crippen molar-refractivity contribution in [2.75, 3.05) is 11.9 Å². The number of anilines is 1. The molecule has 1 saturated heterocycles. The van der Waals surface area contributed by atoms with Gasteiger partial charge in [-0.15, -0.1) is 0 Å². The van der Waals surface area contributed by atoms with Crippen LogP contribution in [0.1, 0.15) is 0 Å². The van der Waals surface area contributed by atoms with Crippen LogP contribution in [0.25, 0.3) is 0 Å². The topological polar surface area (TPSA) is 108 Å². The quantitative estimate of drug-likeness (QED) is 0.489. The summed E-state index contributed by atoms with van der Waals surface area (Å²) in [5.41, 5.74) is 0. The summed E-state index contributed by atoms with van der Waals surface area (Å²) < 4.78 is 5.20. The molecule has 4 atom stereocenters. The first-order valence-electron chi connectivity index (χ1n) is 4.88. The minimum atomic E-state index is -1.12. The zero-order valence-corrected chi connectivity index (χ0v) is 8.39. The molecule has 0 spiro atoms. The van der Waals surface area contributed by atoms with Crippen molar-refractivity contribution in [2.45, 2.75) is 24.5 Å². The molecule has 1 unspecified atom stereocenters. The Kier molecular flexibility index (Phi) is 3.30. The third-order valence-corrected chi connectivity index (χ3v) is 2.38. The van der Waals surface area contributed by atoms with E-state index in [4.69, 9.17) is 9.84 Å². The Bertz CT molecular complexity index is 337. The summed E-state index contributed by atoms with van der Waals surface area (Å²) in [6.45, 7) is -0.355. The molecule has 1 aliphatic heterocycles. The van der Waals surface area contributed by atoms with Crippen LogP contribution in [0.15, 0.2) is 18.5 Å². The molecule has 0 bridgehead atoms. The average Bonchev–Trinajstić information content (AvgIpc) is 2.58. The standard InChI is InChI=1S/C9H13N3O4/c13-4-5-6(14)7(15)8(16-5)12-9-10-2-1-3-11-9/h1-3,5-8,13-15H,4H2,(H,10,11,12)/t5-,6-,7-,8?/m1/s1. The third kappa shape index (κ3) is 2.12. The van der Waals surface area contributed by atoms with E-state index in [-0.39, 0.29) is 12.6 Å². The maximum Gasteiger partial charge on any atom is 0.224 e. The molecule has 1 aliphatic rings. The number of nitrogens with one attached hydrogen (secondary N) is 1. The van der Waals surface area contributed by atoms with E-state index >= 15 is 0 Å². The summed E-state index contributed by atoms with van der Waals surface area (Å²) in [6.07, 6.45) is -0.786. The summed E-state index contributed by atoms with van der Waals surface area (Å²) in [5.74, 6) is 0.289. The number of rotatable bonds is 3. The highest BCUT2D eigenvalue weighted by atomic mass is 16.6. The number of ether oxygens (including phenoxy) is 1. The van der Waals surface area contributed by atoms with Crippen LogP contribution in [0.2, 0.25) is 0 Å². The average molecular weight is 227 g/mol. The Morgan fingerprint density at radius 2 is 1.94 bits per heavy atom. The lowest BCUT2D eigenvalue weighted by molar-refractivity contribution is -0.0154. The molecule has 0 amide bonds. The second-order valence-corrected chi connectivity index (χ2v) is 3.48. The Morgan fingerprint density at radius 3 is 2.50 bits per heavy atom. The summed E-state index contributed by atoms with van der Waals surface area (Å²) in [5, 5.41) is 30.7. The molecular formula is C9H13N3O4. The molecular weight excluding hydrogens is 214 g/mol. The molecule has 0 radical (unpaired) electrons. The molecule has 1 aromatic heterocycles. The minimum absolute atomic E-state index is 0.289. The van der Waals surface area contributed by atoms with Gasteiger partial charge in [0.15, 0.2) is 6.23 Å². The lowest BCUT2D eigenvalue weighted by atomic mass is 10.1. The first kappa shape index (κ1) is 11.2. The van der Waals surface area contributed by atoms with Gasteiger partial charge in [0.05, 0.1) is 6.61 Å². The second-order valence-electron chi connectivity index (χ2n) is 3.48. The first-order valence-corrected chi connectivity index (χ1v) is 4.88. The number of hydrogen-bond acceptors (Lipinski definition) is 7. The van der Waals surface area contributed by atoms with Gasteiger partial charge in [-0.05, 0) is 6.07 Å². The van der Waals surface area contributed by atoms with Gasteiger partial charge in [-0.2, -0.15) is 0 Å². The summed E-state index contributed by atoms with van der Waals surface area (Å²) in [4.78, 5) is 7.79. The maximum absolute atomic E-state index is 9.62. The Morgan fingerprint density at radius 1 is 1.25 bits per heavy atom. The lowest BCUT2D eigenvalue weighted by Gasteiger charge is -2.15. The van der Waals surface area contributed by atoms with E-state index in [0.29, 0.717) is 0 Å². The van der Waals surface area contributed by atoms with Gasteiger partial charge >= 0.3 is 0 Å². The highest BCUT2D eigenvalue weighted by Gasteiger charge is 2.42. The van der Waals surface area contributed by atoms with Crippen LogP contribution in [0.4, 0.5) is 5.95 Å². The van der Waals surface area contributed by atoms with E-state index in [9.17, 15) is 10.2 Å². The number of hydrogen-bond donors (Lipinski definition) is 4. The van der Waals surface area contributed by atoms with E-state index in [1.54, 1.807) is 6.07 Å². The summed E-state index contributed by atoms with van der Waals surface area (Å²) >= 11 is 0. The molecule has 4 N–H and O–H groups in total. The normalized spacial score (nSPS) is 33.9. The third-order valence-electron chi connectivity index (χ3n) is 2.38. The lowest BCUT2D eigenvalue weighted by Crippen LogP contribution is -2.36. The van der Waals surface area contributed by atoms with Gasteiger partial charge in [0.1, 0.15) is 18.3 Å². The van der Waals surface area contributed by atoms with Crippen LogP contribution in [-0.4, -0.2) is 56.4 Å². The van der Waals surface area contributed by atoms with Crippen LogP contribution in [0.5, 0.6) is 0 Å². The smallest absolute Gasteiger partial charge is 0.224 e. The number of nitrogens with zero attached hydrogens (tertiary/aromatic N) is 2. The predicted molar refractivity (Wildman–Crippen MR) is 53.4 cm³/mol. The van der Waals surface area contributed by atoms with Gasteiger partial charge in [-0.1, -0.05) is 0 Å². The fraction of sp³-hybridized carbons (Fsp3) is 0.556. The number of aromatic nitrogens is 2. The van der Waals surface area contributed by atoms with Crippen molar-refractivity contribution in [3.63, 3.8) is 0 Å². The first-order chi connectivity index (χ1) is 7.72. The van der Waals surface area contributed by atoms with Gasteiger partial charge < -0.3 is 25.4 Å². The highest BCUT2D eigenvalue weighted by Crippen LogP contribution is 2.21. The Labute approximate surface area is 91.7 Å². The monoisotopic (exact) mass is 227 g/mol. The molecule has 88 valence electrons. The molecule has 0 saturated carbocycles.